The van der Waals surface area contributed by atoms with Gasteiger partial charge in [0, 0.05) is 20.2 Å². The van der Waals surface area contributed by atoms with Gasteiger partial charge in [0.15, 0.2) is 0 Å². The summed E-state index contributed by atoms with van der Waals surface area (Å²) in [6.45, 7) is 0.269. The van der Waals surface area contributed by atoms with Crippen LogP contribution in [-0.2, 0) is 11.3 Å². The zero-order chi connectivity index (χ0) is 15.1. The van der Waals surface area contributed by atoms with Crippen LogP contribution in [0.1, 0.15) is 0 Å². The highest BCUT2D eigenvalue weighted by Gasteiger charge is 2.18. The molecule has 0 atom stereocenters. The number of ether oxygens (including phenoxy) is 1. The topological polar surface area (TPSA) is 134 Å². The number of nitrogen functional groups attached to an aromatic ring is 1. The minimum absolute atomic E-state index is 0.0160. The Bertz CT molecular complexity index is 533. The van der Waals surface area contributed by atoms with Crippen LogP contribution in [0.25, 0.3) is 0 Å². The number of methoxy groups -OCH3 is 1. The van der Waals surface area contributed by atoms with Crippen molar-refractivity contribution in [2.75, 3.05) is 50.7 Å². The molecule has 1 aromatic rings. The Hall–Kier alpha value is -1.84. The Morgan fingerprint density at radius 2 is 1.90 bits per heavy atom. The molecule has 0 radical (unpaired) electrons. The predicted molar refractivity (Wildman–Crippen MR) is 74.0 cm³/mol. The van der Waals surface area contributed by atoms with E-state index in [2.05, 4.69) is 4.98 Å². The van der Waals surface area contributed by atoms with Gasteiger partial charge in [0.2, 0.25) is 0 Å². The third-order valence-corrected chi connectivity index (χ3v) is 2.79. The third kappa shape index (κ3) is 3.59. The minimum Gasteiger partial charge on any atom is -0.395 e. The fraction of sp³-hybridized carbons (Fsp3) is 0.636. The average molecular weight is 288 g/mol. The molecule has 1 heterocycles. The van der Waals surface area contributed by atoms with Gasteiger partial charge in [-0.3, -0.25) is 14.3 Å². The molecule has 9 nitrogen and oxygen atoms in total. The molecule has 0 aliphatic heterocycles. The van der Waals surface area contributed by atoms with Crippen LogP contribution in [0.2, 0.25) is 0 Å². The number of nitrogens with one attached hydrogen (secondary N) is 1. The molecule has 0 aliphatic carbocycles. The summed E-state index contributed by atoms with van der Waals surface area (Å²) in [4.78, 5) is 27.2. The van der Waals surface area contributed by atoms with Gasteiger partial charge in [-0.1, -0.05) is 0 Å². The van der Waals surface area contributed by atoms with Gasteiger partial charge >= 0.3 is 5.69 Å². The van der Waals surface area contributed by atoms with E-state index in [1.165, 1.54) is 16.6 Å². The fourth-order valence-electron chi connectivity index (χ4n) is 1.86. The number of hydrogen-bond acceptors (Lipinski definition) is 7. The first-order valence-corrected chi connectivity index (χ1v) is 6.15. The average Bonchev–Trinajstić information content (AvgIpc) is 2.38. The van der Waals surface area contributed by atoms with E-state index in [-0.39, 0.29) is 51.0 Å². The van der Waals surface area contributed by atoms with Crippen LogP contribution in [0, 0.1) is 0 Å². The van der Waals surface area contributed by atoms with Gasteiger partial charge in [-0.15, -0.1) is 0 Å². The number of rotatable bonds is 8. The molecule has 1 rings (SSSR count). The van der Waals surface area contributed by atoms with E-state index in [1.54, 1.807) is 0 Å². The maximum Gasteiger partial charge on any atom is 0.330 e. The van der Waals surface area contributed by atoms with Crippen molar-refractivity contribution in [1.82, 2.24) is 9.55 Å². The van der Waals surface area contributed by atoms with Crippen molar-refractivity contribution >= 4 is 11.5 Å². The van der Waals surface area contributed by atoms with E-state index in [4.69, 9.17) is 20.7 Å². The molecular formula is C11H20N4O5. The summed E-state index contributed by atoms with van der Waals surface area (Å²) in [7, 11) is 1.48. The molecule has 114 valence electrons. The summed E-state index contributed by atoms with van der Waals surface area (Å²) < 4.78 is 6.06. The Morgan fingerprint density at radius 1 is 1.30 bits per heavy atom. The van der Waals surface area contributed by atoms with Crippen LogP contribution in [0.4, 0.5) is 11.5 Å². The van der Waals surface area contributed by atoms with E-state index >= 15 is 0 Å². The van der Waals surface area contributed by atoms with Crippen molar-refractivity contribution < 1.29 is 14.9 Å². The zero-order valence-corrected chi connectivity index (χ0v) is 11.3. The number of aliphatic hydroxyl groups excluding tert-OH is 2. The van der Waals surface area contributed by atoms with Gasteiger partial charge in [0.05, 0.1) is 26.4 Å². The molecule has 0 amide bonds. The van der Waals surface area contributed by atoms with Crippen LogP contribution < -0.4 is 21.9 Å². The molecule has 0 bridgehead atoms. The van der Waals surface area contributed by atoms with Crippen molar-refractivity contribution in [1.29, 1.82) is 0 Å². The van der Waals surface area contributed by atoms with Gasteiger partial charge in [0.25, 0.3) is 5.56 Å². The molecule has 0 unspecified atom stereocenters. The zero-order valence-electron chi connectivity index (χ0n) is 11.3. The normalized spacial score (nSPS) is 10.8. The number of aromatic amines is 1. The Morgan fingerprint density at radius 3 is 2.40 bits per heavy atom. The second-order valence-corrected chi connectivity index (χ2v) is 4.07. The molecule has 0 aromatic carbocycles. The van der Waals surface area contributed by atoms with E-state index in [0.29, 0.717) is 0 Å². The first kappa shape index (κ1) is 16.2. The summed E-state index contributed by atoms with van der Waals surface area (Å²) in [5.74, 6) is -0.0160. The standard InChI is InChI=1S/C11H20N4O5/c1-20-7-4-15-9(12)8(10(18)13-11(15)19)14(2-5-16)3-6-17/h16-17H,2-7,12H2,1H3,(H,13,18,19). The second-order valence-electron chi connectivity index (χ2n) is 4.07. The summed E-state index contributed by atoms with van der Waals surface area (Å²) in [6, 6.07) is 0. The number of hydrogen-bond donors (Lipinski definition) is 4. The molecule has 20 heavy (non-hydrogen) atoms. The second kappa shape index (κ2) is 7.68. The van der Waals surface area contributed by atoms with Gasteiger partial charge in [-0.25, -0.2) is 4.79 Å². The SMILES string of the molecule is COCCn1c(N)c(N(CCO)CCO)c(=O)[nH]c1=O. The van der Waals surface area contributed by atoms with Crippen molar-refractivity contribution in [3.05, 3.63) is 20.8 Å². The molecule has 5 N–H and O–H groups in total. The monoisotopic (exact) mass is 288 g/mol. The van der Waals surface area contributed by atoms with Gasteiger partial charge in [-0.05, 0) is 0 Å². The number of nitrogens with zero attached hydrogens (tertiary/aromatic N) is 2. The number of aromatic nitrogens is 2. The lowest BCUT2D eigenvalue weighted by Crippen LogP contribution is -2.41. The molecular weight excluding hydrogens is 268 g/mol. The van der Waals surface area contributed by atoms with E-state index in [1.807, 2.05) is 0 Å². The van der Waals surface area contributed by atoms with E-state index < -0.39 is 11.2 Å². The minimum atomic E-state index is -0.650. The molecule has 9 heteroatoms. The van der Waals surface area contributed by atoms with Gasteiger partial charge < -0.3 is 25.6 Å². The number of anilines is 2. The Balaban J connectivity index is 3.30. The molecule has 0 saturated heterocycles. The van der Waals surface area contributed by atoms with Crippen LogP contribution in [0.15, 0.2) is 9.59 Å². The lowest BCUT2D eigenvalue weighted by molar-refractivity contribution is 0.186. The highest BCUT2D eigenvalue weighted by molar-refractivity contribution is 5.62. The Kier molecular flexibility index (Phi) is 6.22. The van der Waals surface area contributed by atoms with E-state index in [9.17, 15) is 9.59 Å². The summed E-state index contributed by atoms with van der Waals surface area (Å²) in [5, 5.41) is 18.0. The predicted octanol–water partition coefficient (Wildman–Crippen LogP) is -2.44. The van der Waals surface area contributed by atoms with Crippen LogP contribution in [-0.4, -0.2) is 59.8 Å². The maximum atomic E-state index is 11.9. The smallest absolute Gasteiger partial charge is 0.330 e. The molecule has 1 aromatic heterocycles. The van der Waals surface area contributed by atoms with Gasteiger partial charge in [0.1, 0.15) is 11.5 Å². The lowest BCUT2D eigenvalue weighted by atomic mass is 10.3. The Labute approximate surface area is 115 Å². The third-order valence-electron chi connectivity index (χ3n) is 2.79. The fourth-order valence-corrected chi connectivity index (χ4v) is 1.86. The lowest BCUT2D eigenvalue weighted by Gasteiger charge is -2.24. The molecule has 0 aliphatic rings. The van der Waals surface area contributed by atoms with Gasteiger partial charge in [-0.2, -0.15) is 0 Å². The highest BCUT2D eigenvalue weighted by atomic mass is 16.5. The summed E-state index contributed by atoms with van der Waals surface area (Å²) in [5.41, 5.74) is 4.65. The number of H-pyrrole nitrogens is 1. The van der Waals surface area contributed by atoms with Crippen molar-refractivity contribution in [2.24, 2.45) is 0 Å². The maximum absolute atomic E-state index is 11.9. The molecule has 0 fully saturated rings. The molecule has 0 saturated carbocycles. The molecule has 0 spiro atoms. The van der Waals surface area contributed by atoms with Crippen LogP contribution in [0.5, 0.6) is 0 Å². The highest BCUT2D eigenvalue weighted by Crippen LogP contribution is 2.15. The van der Waals surface area contributed by atoms with Crippen LogP contribution in [0.3, 0.4) is 0 Å². The number of nitrogens with two attached hydrogens (primary N) is 1. The first-order valence-electron chi connectivity index (χ1n) is 6.15. The van der Waals surface area contributed by atoms with Crippen molar-refractivity contribution in [3.63, 3.8) is 0 Å². The van der Waals surface area contributed by atoms with Crippen molar-refractivity contribution in [2.45, 2.75) is 6.54 Å². The number of aliphatic hydroxyl groups is 2. The quantitative estimate of drug-likeness (QED) is 0.417. The summed E-state index contributed by atoms with van der Waals surface area (Å²) in [6.07, 6.45) is 0. The largest absolute Gasteiger partial charge is 0.395 e. The van der Waals surface area contributed by atoms with E-state index in [0.717, 1.165) is 0 Å². The van der Waals surface area contributed by atoms with Crippen molar-refractivity contribution in [3.8, 4) is 0 Å². The van der Waals surface area contributed by atoms with Crippen LogP contribution >= 0.6 is 0 Å². The summed E-state index contributed by atoms with van der Waals surface area (Å²) >= 11 is 0. The first-order chi connectivity index (χ1) is 9.56.